The van der Waals surface area contributed by atoms with E-state index in [1.54, 1.807) is 0 Å². The van der Waals surface area contributed by atoms with Crippen molar-refractivity contribution in [3.63, 3.8) is 0 Å². The lowest BCUT2D eigenvalue weighted by molar-refractivity contribution is 0.385. The highest BCUT2D eigenvalue weighted by Gasteiger charge is 2.32. The molecule has 0 radical (unpaired) electrons. The van der Waals surface area contributed by atoms with Crippen molar-refractivity contribution >= 4 is 33.7 Å². The molecule has 4 aromatic rings. The molecule has 2 fully saturated rings. The number of fused-ring (bicyclic) bond motifs is 4. The summed E-state index contributed by atoms with van der Waals surface area (Å²) in [6, 6.07) is 14.8. The summed E-state index contributed by atoms with van der Waals surface area (Å²) in [5.41, 5.74) is 6.43. The number of aliphatic imine (C=N–C) groups is 2. The molecule has 4 atom stereocenters. The Bertz CT molecular complexity index is 1460. The van der Waals surface area contributed by atoms with E-state index in [2.05, 4.69) is 57.0 Å². The number of hydrogen-bond donors (Lipinski definition) is 4. The summed E-state index contributed by atoms with van der Waals surface area (Å²) in [6.45, 7) is 0. The highest BCUT2D eigenvalue weighted by atomic mass is 15.1. The van der Waals surface area contributed by atoms with Crippen LogP contribution in [-0.4, -0.2) is 55.8 Å². The van der Waals surface area contributed by atoms with Crippen LogP contribution in [0.4, 0.5) is 0 Å². The van der Waals surface area contributed by atoms with E-state index in [1.807, 2.05) is 0 Å². The Hall–Kier alpha value is -3.68. The summed E-state index contributed by atoms with van der Waals surface area (Å²) in [4.78, 5) is 26.7. The normalized spacial score (nSPS) is 26.5. The average Bonchev–Trinajstić information content (AvgIpc) is 3.73. The molecule has 2 saturated carbocycles. The summed E-state index contributed by atoms with van der Waals surface area (Å²) >= 11 is 0. The number of aromatic nitrogens is 4. The SMILES string of the molecule is c1cc2nc(CCc3nc4ccc(C5=N[C@H]6CCCC[C@H]6N5)cc4[nH]3)[nH]c2cc1C1=N[C@@H]2CCCC[C@@H]2N1. The summed E-state index contributed by atoms with van der Waals surface area (Å²) in [6.07, 6.45) is 11.7. The van der Waals surface area contributed by atoms with Gasteiger partial charge in [0.05, 0.1) is 34.2 Å². The first kappa shape index (κ1) is 22.3. The highest BCUT2D eigenvalue weighted by Crippen LogP contribution is 2.28. The minimum absolute atomic E-state index is 0.443. The zero-order valence-corrected chi connectivity index (χ0v) is 21.6. The molecule has 2 aliphatic carbocycles. The fourth-order valence-electron chi connectivity index (χ4n) is 6.83. The Morgan fingerprint density at radius 2 is 1.08 bits per heavy atom. The Kier molecular flexibility index (Phi) is 5.26. The van der Waals surface area contributed by atoms with Gasteiger partial charge in [-0.25, -0.2) is 9.97 Å². The molecule has 2 aromatic carbocycles. The van der Waals surface area contributed by atoms with Crippen LogP contribution < -0.4 is 10.6 Å². The molecule has 0 spiro atoms. The molecule has 0 bridgehead atoms. The number of nitrogens with one attached hydrogen (secondary N) is 4. The average molecular weight is 507 g/mol. The molecule has 4 N–H and O–H groups in total. The predicted octanol–water partition coefficient (Wildman–Crippen LogP) is 4.55. The standard InChI is InChI=1S/C30H34N8/c1-2-6-20-19(5-1)35-29(36-20)17-9-11-23-25(15-17)33-27(31-23)13-14-28-32-24-12-10-18(16-26(24)34-28)30-37-21-7-3-4-8-22(21)38-30/h9-12,15-16,19-22H,1-8,13-14H2,(H,31,33)(H,32,34)(H,35,36)(H,37,38)/t19-,20+,21-,22+. The molecule has 38 heavy (non-hydrogen) atoms. The number of nitrogens with zero attached hydrogens (tertiary/aromatic N) is 4. The molecule has 8 heteroatoms. The van der Waals surface area contributed by atoms with E-state index < -0.39 is 0 Å². The van der Waals surface area contributed by atoms with E-state index in [1.165, 1.54) is 51.4 Å². The molecule has 0 amide bonds. The number of benzene rings is 2. The molecule has 0 saturated heterocycles. The Labute approximate surface area is 221 Å². The van der Waals surface area contributed by atoms with Gasteiger partial charge in [0.15, 0.2) is 0 Å². The second kappa shape index (κ2) is 8.96. The second-order valence-electron chi connectivity index (χ2n) is 11.5. The van der Waals surface area contributed by atoms with Crippen molar-refractivity contribution in [3.8, 4) is 0 Å². The monoisotopic (exact) mass is 506 g/mol. The largest absolute Gasteiger partial charge is 0.365 e. The van der Waals surface area contributed by atoms with Gasteiger partial charge in [-0.2, -0.15) is 0 Å². The quantitative estimate of drug-likeness (QED) is 0.319. The van der Waals surface area contributed by atoms with Crippen molar-refractivity contribution in [1.82, 2.24) is 30.6 Å². The Morgan fingerprint density at radius 3 is 1.55 bits per heavy atom. The summed E-state index contributed by atoms with van der Waals surface area (Å²) in [5, 5.41) is 7.33. The Morgan fingerprint density at radius 1 is 0.605 bits per heavy atom. The van der Waals surface area contributed by atoms with Crippen molar-refractivity contribution in [3.05, 3.63) is 59.2 Å². The topological polar surface area (TPSA) is 106 Å². The van der Waals surface area contributed by atoms with Gasteiger partial charge in [-0.15, -0.1) is 0 Å². The maximum Gasteiger partial charge on any atom is 0.128 e. The fraction of sp³-hybridized carbons (Fsp3) is 0.467. The lowest BCUT2D eigenvalue weighted by Gasteiger charge is -2.23. The first-order valence-corrected chi connectivity index (χ1v) is 14.4. The van der Waals surface area contributed by atoms with Gasteiger partial charge in [-0.1, -0.05) is 25.7 Å². The summed E-state index contributed by atoms with van der Waals surface area (Å²) < 4.78 is 0. The van der Waals surface area contributed by atoms with E-state index in [4.69, 9.17) is 20.0 Å². The zero-order chi connectivity index (χ0) is 25.1. The minimum atomic E-state index is 0.443. The predicted molar refractivity (Wildman–Crippen MR) is 151 cm³/mol. The van der Waals surface area contributed by atoms with Crippen LogP contribution in [-0.2, 0) is 12.8 Å². The van der Waals surface area contributed by atoms with Crippen molar-refractivity contribution in [2.24, 2.45) is 9.98 Å². The van der Waals surface area contributed by atoms with Crippen LogP contribution >= 0.6 is 0 Å². The molecular formula is C30H34N8. The maximum atomic E-state index is 4.99. The molecule has 194 valence electrons. The van der Waals surface area contributed by atoms with E-state index in [0.717, 1.165) is 69.4 Å². The highest BCUT2D eigenvalue weighted by molar-refractivity contribution is 6.03. The van der Waals surface area contributed by atoms with Crippen molar-refractivity contribution in [1.29, 1.82) is 0 Å². The number of aromatic amines is 2. The van der Waals surface area contributed by atoms with Gasteiger partial charge in [0, 0.05) is 36.1 Å². The number of rotatable bonds is 5. The molecule has 4 aliphatic rings. The lowest BCUT2D eigenvalue weighted by Crippen LogP contribution is -2.36. The Balaban J connectivity index is 0.969. The molecule has 8 nitrogen and oxygen atoms in total. The van der Waals surface area contributed by atoms with Gasteiger partial charge in [0.25, 0.3) is 0 Å². The summed E-state index contributed by atoms with van der Waals surface area (Å²) in [7, 11) is 0. The molecule has 8 rings (SSSR count). The van der Waals surface area contributed by atoms with Crippen LogP contribution in [0.2, 0.25) is 0 Å². The minimum Gasteiger partial charge on any atom is -0.365 e. The van der Waals surface area contributed by atoms with Gasteiger partial charge in [-0.05, 0) is 62.1 Å². The van der Waals surface area contributed by atoms with E-state index in [-0.39, 0.29) is 0 Å². The van der Waals surface area contributed by atoms with Crippen LogP contribution in [0.3, 0.4) is 0 Å². The second-order valence-corrected chi connectivity index (χ2v) is 11.5. The van der Waals surface area contributed by atoms with E-state index in [0.29, 0.717) is 24.2 Å². The van der Waals surface area contributed by atoms with Crippen LogP contribution in [0.5, 0.6) is 0 Å². The first-order valence-electron chi connectivity index (χ1n) is 14.4. The third kappa shape index (κ3) is 3.97. The molecule has 4 heterocycles. The number of H-pyrrole nitrogens is 2. The lowest BCUT2D eigenvalue weighted by atomic mass is 9.92. The van der Waals surface area contributed by atoms with Crippen molar-refractivity contribution in [2.45, 2.75) is 88.4 Å². The van der Waals surface area contributed by atoms with Crippen LogP contribution in [0.1, 0.15) is 74.1 Å². The zero-order valence-electron chi connectivity index (χ0n) is 21.6. The van der Waals surface area contributed by atoms with Crippen LogP contribution in [0.25, 0.3) is 22.1 Å². The van der Waals surface area contributed by atoms with E-state index in [9.17, 15) is 0 Å². The first-order chi connectivity index (χ1) is 18.7. The third-order valence-corrected chi connectivity index (χ3v) is 8.90. The number of aryl methyl sites for hydroxylation is 2. The fourth-order valence-corrected chi connectivity index (χ4v) is 6.83. The van der Waals surface area contributed by atoms with E-state index >= 15 is 0 Å². The van der Waals surface area contributed by atoms with Crippen molar-refractivity contribution in [2.75, 3.05) is 0 Å². The molecule has 2 aromatic heterocycles. The van der Waals surface area contributed by atoms with Crippen LogP contribution in [0, 0.1) is 0 Å². The molecular weight excluding hydrogens is 472 g/mol. The summed E-state index contributed by atoms with van der Waals surface area (Å²) in [5.74, 6) is 4.05. The van der Waals surface area contributed by atoms with Gasteiger partial charge in [0.1, 0.15) is 23.3 Å². The number of imidazole rings is 2. The smallest absolute Gasteiger partial charge is 0.128 e. The van der Waals surface area contributed by atoms with Gasteiger partial charge in [-0.3, -0.25) is 9.98 Å². The van der Waals surface area contributed by atoms with Gasteiger partial charge in [0.2, 0.25) is 0 Å². The maximum absolute atomic E-state index is 4.99. The van der Waals surface area contributed by atoms with Crippen LogP contribution in [0.15, 0.2) is 46.4 Å². The molecule has 2 aliphatic heterocycles. The third-order valence-electron chi connectivity index (χ3n) is 8.90. The molecule has 0 unspecified atom stereocenters. The van der Waals surface area contributed by atoms with Gasteiger partial charge < -0.3 is 20.6 Å². The van der Waals surface area contributed by atoms with Gasteiger partial charge >= 0.3 is 0 Å². The van der Waals surface area contributed by atoms with Crippen molar-refractivity contribution < 1.29 is 0 Å². The number of amidine groups is 2. The number of hydrogen-bond acceptors (Lipinski definition) is 6.